The molecule has 4 aromatic rings. The summed E-state index contributed by atoms with van der Waals surface area (Å²) in [5, 5.41) is 27.9. The Morgan fingerprint density at radius 3 is 2.59 bits per heavy atom. The van der Waals surface area contributed by atoms with Gasteiger partial charge in [0, 0.05) is 43.2 Å². The summed E-state index contributed by atoms with van der Waals surface area (Å²) in [5.41, 5.74) is 3.86. The molecule has 0 unspecified atom stereocenters. The standard InChI is InChI=1S/C26H22FN7/c1-33-23-6-5-17(11-21(23)16-31-33)25-20(15-29)13-24(34-9-2-7-30-8-10-34)32-26(25)18-3-4-19(14-28)22(27)12-18/h3-6,11-13,16,30H,2,7-10H2,1H3. The third-order valence-corrected chi connectivity index (χ3v) is 6.19. The zero-order valence-corrected chi connectivity index (χ0v) is 18.7. The monoisotopic (exact) mass is 451 g/mol. The van der Waals surface area contributed by atoms with Crippen LogP contribution in [0.15, 0.2) is 48.7 Å². The molecule has 0 amide bonds. The molecule has 1 N–H and O–H groups in total. The molecule has 0 bridgehead atoms. The molecule has 2 aromatic heterocycles. The molecule has 0 saturated carbocycles. The highest BCUT2D eigenvalue weighted by Gasteiger charge is 2.21. The van der Waals surface area contributed by atoms with Crippen molar-refractivity contribution in [3.8, 4) is 34.5 Å². The van der Waals surface area contributed by atoms with Crippen molar-refractivity contribution in [2.75, 3.05) is 31.1 Å². The van der Waals surface area contributed by atoms with Crippen molar-refractivity contribution in [3.05, 3.63) is 65.6 Å². The molecule has 0 aliphatic carbocycles. The summed E-state index contributed by atoms with van der Waals surface area (Å²) < 4.78 is 16.4. The van der Waals surface area contributed by atoms with Gasteiger partial charge < -0.3 is 10.2 Å². The van der Waals surface area contributed by atoms with E-state index >= 15 is 0 Å². The van der Waals surface area contributed by atoms with Gasteiger partial charge in [0.2, 0.25) is 0 Å². The smallest absolute Gasteiger partial charge is 0.141 e. The first kappa shape index (κ1) is 21.6. The summed E-state index contributed by atoms with van der Waals surface area (Å²) in [4.78, 5) is 7.10. The van der Waals surface area contributed by atoms with Crippen molar-refractivity contribution >= 4 is 16.7 Å². The van der Waals surface area contributed by atoms with E-state index in [1.807, 2.05) is 37.4 Å². The molecule has 1 fully saturated rings. The average molecular weight is 452 g/mol. The number of nitrogens with one attached hydrogen (secondary N) is 1. The highest BCUT2D eigenvalue weighted by atomic mass is 19.1. The van der Waals surface area contributed by atoms with Gasteiger partial charge >= 0.3 is 0 Å². The van der Waals surface area contributed by atoms with Crippen LogP contribution >= 0.6 is 0 Å². The number of fused-ring (bicyclic) bond motifs is 1. The third-order valence-electron chi connectivity index (χ3n) is 6.19. The molecule has 1 aliphatic rings. The Labute approximate surface area is 196 Å². The molecule has 2 aromatic carbocycles. The van der Waals surface area contributed by atoms with Crippen molar-refractivity contribution in [2.45, 2.75) is 6.42 Å². The number of pyridine rings is 1. The lowest BCUT2D eigenvalue weighted by Crippen LogP contribution is -2.28. The highest BCUT2D eigenvalue weighted by Crippen LogP contribution is 2.37. The summed E-state index contributed by atoms with van der Waals surface area (Å²) in [6.07, 6.45) is 2.74. The van der Waals surface area contributed by atoms with Crippen LogP contribution in [0.5, 0.6) is 0 Å². The van der Waals surface area contributed by atoms with Gasteiger partial charge in [-0.1, -0.05) is 12.1 Å². The minimum Gasteiger partial charge on any atom is -0.355 e. The number of benzene rings is 2. The maximum atomic E-state index is 14.6. The van der Waals surface area contributed by atoms with E-state index in [0.717, 1.165) is 49.1 Å². The summed E-state index contributed by atoms with van der Waals surface area (Å²) in [6, 6.07) is 16.3. The topological polar surface area (TPSA) is 93.6 Å². The fourth-order valence-corrected chi connectivity index (χ4v) is 4.43. The van der Waals surface area contributed by atoms with Gasteiger partial charge in [0.15, 0.2) is 0 Å². The van der Waals surface area contributed by atoms with Gasteiger partial charge in [-0.3, -0.25) is 4.68 Å². The molecule has 1 aliphatic heterocycles. The fraction of sp³-hybridized carbons (Fsp3) is 0.231. The molecular formula is C26H22FN7. The van der Waals surface area contributed by atoms with Crippen LogP contribution in [0.25, 0.3) is 33.3 Å². The van der Waals surface area contributed by atoms with E-state index in [2.05, 4.69) is 21.4 Å². The summed E-state index contributed by atoms with van der Waals surface area (Å²) >= 11 is 0. The molecular weight excluding hydrogens is 429 g/mol. The predicted octanol–water partition coefficient (Wildman–Crippen LogP) is 3.98. The third kappa shape index (κ3) is 3.85. The Morgan fingerprint density at radius 1 is 0.971 bits per heavy atom. The summed E-state index contributed by atoms with van der Waals surface area (Å²) in [5.74, 6) is 0.0737. The Balaban J connectivity index is 1.75. The molecule has 7 nitrogen and oxygen atoms in total. The second-order valence-corrected chi connectivity index (χ2v) is 8.30. The molecule has 1 saturated heterocycles. The first-order valence-electron chi connectivity index (χ1n) is 11.1. The molecule has 8 heteroatoms. The van der Waals surface area contributed by atoms with E-state index in [-0.39, 0.29) is 5.56 Å². The quantitative estimate of drug-likeness (QED) is 0.506. The van der Waals surface area contributed by atoms with E-state index in [4.69, 9.17) is 10.2 Å². The Hall–Kier alpha value is -4.27. The molecule has 0 spiro atoms. The summed E-state index contributed by atoms with van der Waals surface area (Å²) in [6.45, 7) is 3.33. The molecule has 34 heavy (non-hydrogen) atoms. The maximum Gasteiger partial charge on any atom is 0.141 e. The lowest BCUT2D eigenvalue weighted by atomic mass is 9.93. The number of rotatable bonds is 3. The normalized spacial score (nSPS) is 13.9. The second kappa shape index (κ2) is 8.93. The van der Waals surface area contributed by atoms with E-state index in [1.54, 1.807) is 16.9 Å². The number of hydrogen-bond donors (Lipinski definition) is 1. The van der Waals surface area contributed by atoms with Gasteiger partial charge in [0.25, 0.3) is 0 Å². The van der Waals surface area contributed by atoms with Crippen LogP contribution in [-0.2, 0) is 7.05 Å². The van der Waals surface area contributed by atoms with Crippen LogP contribution in [0, 0.1) is 28.5 Å². The minimum atomic E-state index is -0.613. The van der Waals surface area contributed by atoms with Crippen molar-refractivity contribution in [3.63, 3.8) is 0 Å². The van der Waals surface area contributed by atoms with E-state index in [9.17, 15) is 9.65 Å². The van der Waals surface area contributed by atoms with Crippen molar-refractivity contribution in [2.24, 2.45) is 7.05 Å². The van der Waals surface area contributed by atoms with Crippen molar-refractivity contribution in [1.29, 1.82) is 10.5 Å². The van der Waals surface area contributed by atoms with E-state index in [1.165, 1.54) is 12.1 Å². The number of halogens is 1. The van der Waals surface area contributed by atoms with Crippen LogP contribution in [0.2, 0.25) is 0 Å². The van der Waals surface area contributed by atoms with E-state index in [0.29, 0.717) is 28.2 Å². The molecule has 3 heterocycles. The molecule has 168 valence electrons. The van der Waals surface area contributed by atoms with Gasteiger partial charge in [-0.2, -0.15) is 15.6 Å². The van der Waals surface area contributed by atoms with Crippen LogP contribution in [0.4, 0.5) is 10.2 Å². The summed E-state index contributed by atoms with van der Waals surface area (Å²) in [7, 11) is 1.88. The van der Waals surface area contributed by atoms with Gasteiger partial charge in [-0.15, -0.1) is 0 Å². The van der Waals surface area contributed by atoms with Crippen LogP contribution in [0.1, 0.15) is 17.5 Å². The molecule has 0 radical (unpaired) electrons. The maximum absolute atomic E-state index is 14.6. The number of hydrogen-bond acceptors (Lipinski definition) is 6. The number of nitriles is 2. The van der Waals surface area contributed by atoms with Gasteiger partial charge in [0.05, 0.1) is 34.6 Å². The molecule has 5 rings (SSSR count). The minimum absolute atomic E-state index is 0.0302. The second-order valence-electron chi connectivity index (χ2n) is 8.30. The van der Waals surface area contributed by atoms with Crippen LogP contribution in [-0.4, -0.2) is 40.9 Å². The first-order valence-corrected chi connectivity index (χ1v) is 11.1. The largest absolute Gasteiger partial charge is 0.355 e. The number of aryl methyl sites for hydroxylation is 1. The van der Waals surface area contributed by atoms with E-state index < -0.39 is 5.82 Å². The van der Waals surface area contributed by atoms with Gasteiger partial charge in [0.1, 0.15) is 17.7 Å². The zero-order chi connectivity index (χ0) is 23.7. The zero-order valence-electron chi connectivity index (χ0n) is 18.7. The number of nitrogens with zero attached hydrogens (tertiary/aromatic N) is 6. The predicted molar refractivity (Wildman–Crippen MR) is 128 cm³/mol. The van der Waals surface area contributed by atoms with Crippen molar-refractivity contribution < 1.29 is 4.39 Å². The van der Waals surface area contributed by atoms with Gasteiger partial charge in [-0.25, -0.2) is 9.37 Å². The average Bonchev–Trinajstić information content (AvgIpc) is 3.05. The Morgan fingerprint density at radius 2 is 1.79 bits per heavy atom. The SMILES string of the molecule is Cn1ncc2cc(-c3c(C#N)cc(N4CCCNCC4)nc3-c3ccc(C#N)c(F)c3)ccc21. The van der Waals surface area contributed by atoms with Crippen LogP contribution < -0.4 is 10.2 Å². The lowest BCUT2D eigenvalue weighted by molar-refractivity contribution is 0.624. The van der Waals surface area contributed by atoms with Gasteiger partial charge in [-0.05, 0) is 48.9 Å². The lowest BCUT2D eigenvalue weighted by Gasteiger charge is -2.23. The molecule has 0 atom stereocenters. The van der Waals surface area contributed by atoms with Crippen molar-refractivity contribution in [1.82, 2.24) is 20.1 Å². The van der Waals surface area contributed by atoms with Crippen LogP contribution in [0.3, 0.4) is 0 Å². The number of anilines is 1. The Bertz CT molecular complexity index is 1470. The fourth-order valence-electron chi connectivity index (χ4n) is 4.43. The number of aromatic nitrogens is 3. The first-order chi connectivity index (χ1) is 16.6. The highest BCUT2D eigenvalue weighted by molar-refractivity contribution is 5.91. The Kier molecular flexibility index (Phi) is 5.67.